The number of halogens is 1. The van der Waals surface area contributed by atoms with Gasteiger partial charge in [0.05, 0.1) is 5.69 Å². The van der Waals surface area contributed by atoms with E-state index in [1.165, 1.54) is 4.70 Å². The SMILES string of the molecule is Nc1cc2c(N)csc2cc1CBr. The molecular weight excluding hydrogens is 248 g/mol. The summed E-state index contributed by atoms with van der Waals surface area (Å²) in [6, 6.07) is 4.03. The third-order valence-electron chi connectivity index (χ3n) is 2.01. The third kappa shape index (κ3) is 1.40. The molecule has 0 atom stereocenters. The van der Waals surface area contributed by atoms with E-state index >= 15 is 0 Å². The minimum atomic E-state index is 0.784. The molecule has 2 nitrogen and oxygen atoms in total. The summed E-state index contributed by atoms with van der Waals surface area (Å²) in [6.07, 6.45) is 0. The first-order valence-electron chi connectivity index (χ1n) is 3.83. The lowest BCUT2D eigenvalue weighted by Crippen LogP contribution is -1.91. The van der Waals surface area contributed by atoms with Crippen molar-refractivity contribution in [2.24, 2.45) is 0 Å². The van der Waals surface area contributed by atoms with Gasteiger partial charge >= 0.3 is 0 Å². The van der Waals surface area contributed by atoms with Crippen LogP contribution in [0.5, 0.6) is 0 Å². The molecule has 0 aliphatic carbocycles. The molecule has 2 aromatic rings. The molecule has 0 saturated carbocycles. The van der Waals surface area contributed by atoms with Crippen molar-refractivity contribution in [2.45, 2.75) is 5.33 Å². The topological polar surface area (TPSA) is 52.0 Å². The molecule has 13 heavy (non-hydrogen) atoms. The normalized spacial score (nSPS) is 10.8. The largest absolute Gasteiger partial charge is 0.398 e. The summed E-state index contributed by atoms with van der Waals surface area (Å²) in [5.41, 5.74) is 14.4. The average Bonchev–Trinajstić information content (AvgIpc) is 2.47. The predicted octanol–water partition coefficient (Wildman–Crippen LogP) is 2.96. The fourth-order valence-electron chi connectivity index (χ4n) is 1.27. The average molecular weight is 257 g/mol. The smallest absolute Gasteiger partial charge is 0.0503 e. The van der Waals surface area contributed by atoms with Crippen LogP contribution >= 0.6 is 27.3 Å². The van der Waals surface area contributed by atoms with Crippen LogP contribution in [0.1, 0.15) is 5.56 Å². The molecule has 1 aromatic heterocycles. The van der Waals surface area contributed by atoms with Crippen molar-refractivity contribution in [1.29, 1.82) is 0 Å². The van der Waals surface area contributed by atoms with Gasteiger partial charge in [-0.2, -0.15) is 0 Å². The van der Waals surface area contributed by atoms with Gasteiger partial charge in [-0.25, -0.2) is 0 Å². The molecule has 0 aliphatic rings. The molecule has 1 aromatic carbocycles. The summed E-state index contributed by atoms with van der Waals surface area (Å²) < 4.78 is 1.20. The Bertz CT molecular complexity index is 450. The van der Waals surface area contributed by atoms with E-state index in [9.17, 15) is 0 Å². The number of benzene rings is 1. The molecule has 0 bridgehead atoms. The number of rotatable bonds is 1. The summed E-state index contributed by atoms with van der Waals surface area (Å²) in [5.74, 6) is 0. The second kappa shape index (κ2) is 3.20. The molecule has 0 amide bonds. The second-order valence-electron chi connectivity index (χ2n) is 2.87. The number of nitrogen functional groups attached to an aromatic ring is 2. The Morgan fingerprint density at radius 3 is 2.69 bits per heavy atom. The van der Waals surface area contributed by atoms with Crippen molar-refractivity contribution in [2.75, 3.05) is 11.5 Å². The van der Waals surface area contributed by atoms with Gasteiger partial charge in [-0.15, -0.1) is 11.3 Å². The number of anilines is 2. The maximum Gasteiger partial charge on any atom is 0.0503 e. The molecule has 4 N–H and O–H groups in total. The quantitative estimate of drug-likeness (QED) is 0.609. The Hall–Kier alpha value is -0.740. The van der Waals surface area contributed by atoms with Crippen LogP contribution in [0.2, 0.25) is 0 Å². The van der Waals surface area contributed by atoms with Crippen molar-refractivity contribution in [1.82, 2.24) is 0 Å². The number of fused-ring (bicyclic) bond motifs is 1. The van der Waals surface area contributed by atoms with Crippen molar-refractivity contribution in [3.8, 4) is 0 Å². The van der Waals surface area contributed by atoms with Gasteiger partial charge in [0.25, 0.3) is 0 Å². The van der Waals surface area contributed by atoms with Gasteiger partial charge in [-0.3, -0.25) is 0 Å². The Kier molecular flexibility index (Phi) is 2.17. The Labute approximate surface area is 88.7 Å². The van der Waals surface area contributed by atoms with Crippen LogP contribution in [0, 0.1) is 0 Å². The van der Waals surface area contributed by atoms with Crippen LogP contribution in [0.4, 0.5) is 11.4 Å². The van der Waals surface area contributed by atoms with Crippen molar-refractivity contribution in [3.05, 3.63) is 23.1 Å². The fraction of sp³-hybridized carbons (Fsp3) is 0.111. The molecule has 0 fully saturated rings. The summed E-state index contributed by atoms with van der Waals surface area (Å²) in [6.45, 7) is 0. The standard InChI is InChI=1S/C9H9BrN2S/c10-3-5-1-9-6(2-7(5)11)8(12)4-13-9/h1-2,4H,3,11-12H2. The first kappa shape index (κ1) is 8.84. The van der Waals surface area contributed by atoms with Gasteiger partial charge in [-0.1, -0.05) is 15.9 Å². The van der Waals surface area contributed by atoms with Crippen molar-refractivity contribution >= 4 is 48.7 Å². The van der Waals surface area contributed by atoms with Gasteiger partial charge in [0.15, 0.2) is 0 Å². The molecule has 1 heterocycles. The number of alkyl halides is 1. The number of thiophene rings is 1. The summed E-state index contributed by atoms with van der Waals surface area (Å²) in [5, 5.41) is 3.79. The van der Waals surface area contributed by atoms with Crippen LogP contribution in [0.25, 0.3) is 10.1 Å². The highest BCUT2D eigenvalue weighted by Crippen LogP contribution is 2.32. The van der Waals surface area contributed by atoms with E-state index in [0.717, 1.165) is 27.7 Å². The van der Waals surface area contributed by atoms with E-state index in [1.807, 2.05) is 11.4 Å². The highest BCUT2D eigenvalue weighted by molar-refractivity contribution is 9.08. The Morgan fingerprint density at radius 1 is 1.23 bits per heavy atom. The zero-order chi connectivity index (χ0) is 9.42. The maximum atomic E-state index is 5.84. The highest BCUT2D eigenvalue weighted by Gasteiger charge is 2.04. The monoisotopic (exact) mass is 256 g/mol. The lowest BCUT2D eigenvalue weighted by Gasteiger charge is -2.02. The number of hydrogen-bond donors (Lipinski definition) is 2. The van der Waals surface area contributed by atoms with Gasteiger partial charge in [0, 0.05) is 26.5 Å². The van der Waals surface area contributed by atoms with E-state index < -0.39 is 0 Å². The fourth-order valence-corrected chi connectivity index (χ4v) is 2.65. The minimum absolute atomic E-state index is 0.784. The van der Waals surface area contributed by atoms with Crippen LogP contribution in [-0.2, 0) is 5.33 Å². The zero-order valence-corrected chi connectivity index (χ0v) is 9.28. The summed E-state index contributed by atoms with van der Waals surface area (Å²) >= 11 is 5.05. The van der Waals surface area contributed by atoms with Crippen LogP contribution in [0.3, 0.4) is 0 Å². The molecule has 0 spiro atoms. The van der Waals surface area contributed by atoms with E-state index in [0.29, 0.717) is 0 Å². The molecule has 0 saturated heterocycles. The summed E-state index contributed by atoms with van der Waals surface area (Å²) in [4.78, 5) is 0. The minimum Gasteiger partial charge on any atom is -0.398 e. The zero-order valence-electron chi connectivity index (χ0n) is 6.88. The van der Waals surface area contributed by atoms with Gasteiger partial charge in [0.2, 0.25) is 0 Å². The Morgan fingerprint density at radius 2 is 2.00 bits per heavy atom. The first-order valence-corrected chi connectivity index (χ1v) is 5.83. The highest BCUT2D eigenvalue weighted by atomic mass is 79.9. The van der Waals surface area contributed by atoms with Crippen LogP contribution < -0.4 is 11.5 Å². The van der Waals surface area contributed by atoms with Gasteiger partial charge in [-0.05, 0) is 17.7 Å². The van der Waals surface area contributed by atoms with Gasteiger partial charge in [0.1, 0.15) is 0 Å². The molecule has 2 rings (SSSR count). The van der Waals surface area contributed by atoms with E-state index in [1.54, 1.807) is 11.3 Å². The molecule has 4 heteroatoms. The predicted molar refractivity (Wildman–Crippen MR) is 63.3 cm³/mol. The van der Waals surface area contributed by atoms with Crippen molar-refractivity contribution < 1.29 is 0 Å². The molecule has 0 aliphatic heterocycles. The lowest BCUT2D eigenvalue weighted by atomic mass is 10.1. The lowest BCUT2D eigenvalue weighted by molar-refractivity contribution is 1.47. The van der Waals surface area contributed by atoms with Crippen molar-refractivity contribution in [3.63, 3.8) is 0 Å². The first-order chi connectivity index (χ1) is 6.22. The third-order valence-corrected chi connectivity index (χ3v) is 3.58. The van der Waals surface area contributed by atoms with Crippen LogP contribution in [-0.4, -0.2) is 0 Å². The molecule has 68 valence electrons. The molecule has 0 unspecified atom stereocenters. The van der Waals surface area contributed by atoms with E-state index in [2.05, 4.69) is 22.0 Å². The molecule has 0 radical (unpaired) electrons. The Balaban J connectivity index is 2.76. The van der Waals surface area contributed by atoms with Gasteiger partial charge < -0.3 is 11.5 Å². The summed E-state index contributed by atoms with van der Waals surface area (Å²) in [7, 11) is 0. The second-order valence-corrected chi connectivity index (χ2v) is 4.34. The van der Waals surface area contributed by atoms with E-state index in [-0.39, 0.29) is 0 Å². The number of hydrogen-bond acceptors (Lipinski definition) is 3. The maximum absolute atomic E-state index is 5.84. The van der Waals surface area contributed by atoms with E-state index in [4.69, 9.17) is 11.5 Å². The molecular formula is C9H9BrN2S. The number of nitrogens with two attached hydrogens (primary N) is 2. The van der Waals surface area contributed by atoms with Crippen LogP contribution in [0.15, 0.2) is 17.5 Å².